The summed E-state index contributed by atoms with van der Waals surface area (Å²) in [5.74, 6) is 1.24. The Hall–Kier alpha value is -3.19. The number of likely N-dealkylation sites (N-methyl/N-ethyl adjacent to an activating group) is 1. The zero-order chi connectivity index (χ0) is 22.6. The van der Waals surface area contributed by atoms with E-state index in [1.807, 2.05) is 60.0 Å². The summed E-state index contributed by atoms with van der Waals surface area (Å²) in [7, 11) is 1.69. The molecule has 7 nitrogen and oxygen atoms in total. The van der Waals surface area contributed by atoms with Gasteiger partial charge in [-0.2, -0.15) is 0 Å². The Morgan fingerprint density at radius 1 is 1.16 bits per heavy atom. The lowest BCUT2D eigenvalue weighted by atomic mass is 10.1. The fourth-order valence-corrected chi connectivity index (χ4v) is 4.77. The van der Waals surface area contributed by atoms with E-state index in [2.05, 4.69) is 11.8 Å². The van der Waals surface area contributed by atoms with Gasteiger partial charge in [-0.1, -0.05) is 59.4 Å². The SMILES string of the molecule is Cc1ccc(CN2C(=O)C3C(=NC4=[N+]3CC(C)CN4c3cccc(Cl)c3)N(C)C2=O)cc1. The average Bonchev–Trinajstić information content (AvgIpc) is 3.15. The molecule has 2 atom stereocenters. The van der Waals surface area contributed by atoms with Gasteiger partial charge in [0.1, 0.15) is 5.69 Å². The molecule has 3 amide bonds. The van der Waals surface area contributed by atoms with Crippen molar-refractivity contribution in [2.45, 2.75) is 26.4 Å². The van der Waals surface area contributed by atoms with Crippen LogP contribution in [0.15, 0.2) is 53.5 Å². The molecule has 8 heteroatoms. The number of rotatable bonds is 3. The van der Waals surface area contributed by atoms with E-state index in [4.69, 9.17) is 16.6 Å². The first-order valence-corrected chi connectivity index (χ1v) is 11.1. The first kappa shape index (κ1) is 20.7. The topological polar surface area (TPSA) is 59.2 Å². The van der Waals surface area contributed by atoms with E-state index in [9.17, 15) is 9.59 Å². The Morgan fingerprint density at radius 2 is 1.91 bits per heavy atom. The number of nitrogens with zero attached hydrogens (tertiary/aromatic N) is 5. The van der Waals surface area contributed by atoms with Crippen LogP contribution in [0.3, 0.4) is 0 Å². The summed E-state index contributed by atoms with van der Waals surface area (Å²) in [5, 5.41) is 0.642. The average molecular weight is 451 g/mol. The number of guanidine groups is 1. The lowest BCUT2D eigenvalue weighted by molar-refractivity contribution is -0.545. The van der Waals surface area contributed by atoms with Gasteiger partial charge in [-0.25, -0.2) is 14.3 Å². The second kappa shape index (κ2) is 7.74. The van der Waals surface area contributed by atoms with Gasteiger partial charge in [0, 0.05) is 18.0 Å². The second-order valence-electron chi connectivity index (χ2n) is 8.77. The molecular formula is C24H25ClN5O2+. The second-order valence-corrected chi connectivity index (χ2v) is 9.21. The highest BCUT2D eigenvalue weighted by Gasteiger charge is 2.55. The highest BCUT2D eigenvalue weighted by molar-refractivity contribution is 6.31. The zero-order valence-electron chi connectivity index (χ0n) is 18.3. The lowest BCUT2D eigenvalue weighted by Gasteiger charge is -2.35. The van der Waals surface area contributed by atoms with Gasteiger partial charge in [-0.05, 0) is 30.7 Å². The number of urea groups is 1. The lowest BCUT2D eigenvalue weighted by Crippen LogP contribution is -2.63. The first-order chi connectivity index (χ1) is 15.3. The molecule has 2 aromatic carbocycles. The molecule has 32 heavy (non-hydrogen) atoms. The molecule has 3 aliphatic rings. The molecule has 164 valence electrons. The normalized spacial score (nSPS) is 22.9. The standard InChI is InChI=1S/C24H25ClN5O2/c1-15-7-9-17(10-8-15)14-30-22(31)20-21(27(3)24(30)32)26-23-28(12-16(2)13-29(20)23)19-6-4-5-18(25)11-19/h4-11,16,20H,12-14H2,1-3H3/q+1. The Labute approximate surface area is 192 Å². The number of benzene rings is 2. The van der Waals surface area contributed by atoms with Crippen LogP contribution in [-0.4, -0.2) is 64.3 Å². The molecule has 0 spiro atoms. The number of hydrogen-bond donors (Lipinski definition) is 0. The molecule has 1 fully saturated rings. The number of carbonyl (C=O) groups is 2. The van der Waals surface area contributed by atoms with Crippen molar-refractivity contribution in [1.82, 2.24) is 9.80 Å². The van der Waals surface area contributed by atoms with Crippen molar-refractivity contribution in [3.05, 3.63) is 64.7 Å². The van der Waals surface area contributed by atoms with Crippen molar-refractivity contribution in [3.63, 3.8) is 0 Å². The molecule has 0 bridgehead atoms. The van der Waals surface area contributed by atoms with Crippen LogP contribution in [0.25, 0.3) is 0 Å². The van der Waals surface area contributed by atoms with Crippen molar-refractivity contribution in [3.8, 4) is 0 Å². The van der Waals surface area contributed by atoms with Crippen LogP contribution in [0.5, 0.6) is 0 Å². The predicted molar refractivity (Wildman–Crippen MR) is 124 cm³/mol. The number of imide groups is 1. The van der Waals surface area contributed by atoms with Gasteiger partial charge in [0.25, 0.3) is 5.91 Å². The zero-order valence-corrected chi connectivity index (χ0v) is 19.1. The fourth-order valence-electron chi connectivity index (χ4n) is 4.58. The highest BCUT2D eigenvalue weighted by atomic mass is 35.5. The molecule has 0 aromatic heterocycles. The van der Waals surface area contributed by atoms with E-state index in [1.54, 1.807) is 7.05 Å². The highest BCUT2D eigenvalue weighted by Crippen LogP contribution is 2.29. The Morgan fingerprint density at radius 3 is 2.62 bits per heavy atom. The Balaban J connectivity index is 1.53. The van der Waals surface area contributed by atoms with E-state index >= 15 is 0 Å². The number of amidine groups is 1. The molecule has 0 N–H and O–H groups in total. The molecule has 2 unspecified atom stereocenters. The van der Waals surface area contributed by atoms with E-state index in [0.29, 0.717) is 29.3 Å². The number of hydrogen-bond acceptors (Lipinski definition) is 4. The maximum Gasteiger partial charge on any atom is 0.397 e. The summed E-state index contributed by atoms with van der Waals surface area (Å²) in [4.78, 5) is 36.4. The van der Waals surface area contributed by atoms with E-state index in [1.165, 1.54) is 9.80 Å². The summed E-state index contributed by atoms with van der Waals surface area (Å²) in [5.41, 5.74) is 2.97. The van der Waals surface area contributed by atoms with E-state index in [-0.39, 0.29) is 18.5 Å². The summed E-state index contributed by atoms with van der Waals surface area (Å²) >= 11 is 6.24. The minimum Gasteiger partial charge on any atom is -0.270 e. The van der Waals surface area contributed by atoms with Crippen molar-refractivity contribution < 1.29 is 14.2 Å². The van der Waals surface area contributed by atoms with E-state index < -0.39 is 6.04 Å². The molecule has 3 aliphatic heterocycles. The molecule has 2 aromatic rings. The van der Waals surface area contributed by atoms with Crippen LogP contribution < -0.4 is 4.90 Å². The summed E-state index contributed by atoms with van der Waals surface area (Å²) in [6.07, 6.45) is 0. The van der Waals surface area contributed by atoms with Crippen LogP contribution >= 0.6 is 11.6 Å². The summed E-state index contributed by atoms with van der Waals surface area (Å²) in [6, 6.07) is 14.5. The van der Waals surface area contributed by atoms with Gasteiger partial charge in [0.2, 0.25) is 11.9 Å². The van der Waals surface area contributed by atoms with Crippen LogP contribution in [0.2, 0.25) is 5.02 Å². The monoisotopic (exact) mass is 450 g/mol. The summed E-state index contributed by atoms with van der Waals surface area (Å²) < 4.78 is 2.03. The molecule has 0 aliphatic carbocycles. The maximum atomic E-state index is 13.6. The van der Waals surface area contributed by atoms with Gasteiger partial charge in [0.15, 0.2) is 0 Å². The number of aryl methyl sites for hydroxylation is 1. The van der Waals surface area contributed by atoms with Crippen LogP contribution in [0.4, 0.5) is 10.5 Å². The largest absolute Gasteiger partial charge is 0.397 e. The number of fused-ring (bicyclic) bond motifs is 2. The molecule has 0 radical (unpaired) electrons. The molecule has 1 saturated heterocycles. The third kappa shape index (κ3) is 3.37. The van der Waals surface area contributed by atoms with Crippen molar-refractivity contribution in [2.24, 2.45) is 10.9 Å². The third-order valence-corrected chi connectivity index (χ3v) is 6.45. The molecule has 0 saturated carbocycles. The number of amides is 3. The Kier molecular flexibility index (Phi) is 5.01. The molecular weight excluding hydrogens is 426 g/mol. The number of halogens is 1. The minimum absolute atomic E-state index is 0.234. The minimum atomic E-state index is -0.609. The Bertz CT molecular complexity index is 1170. The van der Waals surface area contributed by atoms with Crippen molar-refractivity contribution in [2.75, 3.05) is 25.0 Å². The number of anilines is 1. The quantitative estimate of drug-likeness (QED) is 0.674. The van der Waals surface area contributed by atoms with Crippen LogP contribution in [-0.2, 0) is 11.3 Å². The number of aliphatic imine (C=N–C) groups is 1. The number of carbonyl (C=O) groups excluding carboxylic acids is 2. The third-order valence-electron chi connectivity index (χ3n) is 6.21. The van der Waals surface area contributed by atoms with Gasteiger partial charge in [-0.3, -0.25) is 14.6 Å². The van der Waals surface area contributed by atoms with Gasteiger partial charge >= 0.3 is 12.0 Å². The van der Waals surface area contributed by atoms with Crippen LogP contribution in [0.1, 0.15) is 18.1 Å². The van der Waals surface area contributed by atoms with Crippen LogP contribution in [0, 0.1) is 12.8 Å². The predicted octanol–water partition coefficient (Wildman–Crippen LogP) is 3.35. The maximum absolute atomic E-state index is 13.6. The van der Waals surface area contributed by atoms with Crippen molar-refractivity contribution >= 4 is 41.0 Å². The van der Waals surface area contributed by atoms with Gasteiger partial charge < -0.3 is 0 Å². The fraction of sp³-hybridized carbons (Fsp3) is 0.333. The summed E-state index contributed by atoms with van der Waals surface area (Å²) in [6.45, 7) is 5.85. The van der Waals surface area contributed by atoms with Gasteiger partial charge in [0.05, 0.1) is 19.6 Å². The van der Waals surface area contributed by atoms with Gasteiger partial charge in [-0.15, -0.1) is 0 Å². The first-order valence-electron chi connectivity index (χ1n) is 10.7. The van der Waals surface area contributed by atoms with Crippen molar-refractivity contribution in [1.29, 1.82) is 0 Å². The van der Waals surface area contributed by atoms with E-state index in [0.717, 1.165) is 23.4 Å². The molecule has 3 heterocycles. The molecule has 5 rings (SSSR count). The smallest absolute Gasteiger partial charge is 0.270 e.